The molecule has 0 saturated carbocycles. The van der Waals surface area contributed by atoms with Crippen LogP contribution >= 0.6 is 0 Å². The van der Waals surface area contributed by atoms with Crippen LogP contribution in [0.25, 0.3) is 16.9 Å². The summed E-state index contributed by atoms with van der Waals surface area (Å²) in [6.07, 6.45) is 0. The monoisotopic (exact) mass is 374 g/mol. The lowest BCUT2D eigenvalue weighted by Gasteiger charge is -2.08. The molecule has 0 saturated heterocycles. The molecule has 0 aliphatic carbocycles. The summed E-state index contributed by atoms with van der Waals surface area (Å²) in [5.41, 5.74) is 3.08. The van der Waals surface area contributed by atoms with Gasteiger partial charge in [-0.05, 0) is 61.1 Å². The number of nitrogens with one attached hydrogen (secondary N) is 1. The normalized spacial score (nSPS) is 11.7. The van der Waals surface area contributed by atoms with Crippen molar-refractivity contribution in [2.45, 2.75) is 18.4 Å². The maximum atomic E-state index is 13.3. The molecule has 0 bridgehead atoms. The van der Waals surface area contributed by atoms with E-state index >= 15 is 0 Å². The predicted molar refractivity (Wildman–Crippen MR) is 97.7 cm³/mol. The minimum Gasteiger partial charge on any atom is -0.311 e. The van der Waals surface area contributed by atoms with Gasteiger partial charge in [0.05, 0.1) is 22.0 Å². The highest BCUT2D eigenvalue weighted by atomic mass is 32.2. The van der Waals surface area contributed by atoms with Crippen LogP contribution in [0.1, 0.15) is 12.6 Å². The average molecular weight is 374 g/mol. The molecule has 3 rings (SSSR count). The summed E-state index contributed by atoms with van der Waals surface area (Å²) in [7, 11) is -3.76. The van der Waals surface area contributed by atoms with Crippen LogP contribution in [0.4, 0.5) is 4.39 Å². The highest BCUT2D eigenvalue weighted by Gasteiger charge is 2.13. The Bertz CT molecular complexity index is 997. The number of sulfonamides is 1. The number of primary sulfonamides is 1. The van der Waals surface area contributed by atoms with Crippen LogP contribution in [0.3, 0.4) is 0 Å². The van der Waals surface area contributed by atoms with E-state index < -0.39 is 10.0 Å². The first kappa shape index (κ1) is 18.2. The van der Waals surface area contributed by atoms with E-state index in [0.29, 0.717) is 12.2 Å². The van der Waals surface area contributed by atoms with Crippen molar-refractivity contribution in [1.82, 2.24) is 15.1 Å². The van der Waals surface area contributed by atoms with Crippen LogP contribution in [-0.4, -0.2) is 24.7 Å². The second kappa shape index (κ2) is 7.36. The number of aromatic nitrogens is 2. The zero-order chi connectivity index (χ0) is 18.7. The number of hydrogen-bond donors (Lipinski definition) is 2. The molecule has 0 aliphatic heterocycles. The minimum atomic E-state index is -3.76. The van der Waals surface area contributed by atoms with Gasteiger partial charge in [-0.3, -0.25) is 0 Å². The Kier molecular flexibility index (Phi) is 5.17. The first-order valence-corrected chi connectivity index (χ1v) is 9.62. The minimum absolute atomic E-state index is 0.0320. The van der Waals surface area contributed by atoms with Crippen molar-refractivity contribution in [3.8, 4) is 16.9 Å². The highest BCUT2D eigenvalue weighted by molar-refractivity contribution is 7.89. The van der Waals surface area contributed by atoms with Crippen LogP contribution in [-0.2, 0) is 16.6 Å². The molecule has 8 heteroatoms. The third-order valence-corrected chi connectivity index (χ3v) is 4.80. The Hall–Kier alpha value is -2.55. The van der Waals surface area contributed by atoms with Gasteiger partial charge in [-0.15, -0.1) is 0 Å². The molecule has 0 aliphatic rings. The molecule has 26 heavy (non-hydrogen) atoms. The molecule has 3 aromatic rings. The molecule has 0 fully saturated rings. The van der Waals surface area contributed by atoms with Crippen LogP contribution in [0, 0.1) is 5.82 Å². The zero-order valence-corrected chi connectivity index (χ0v) is 15.0. The van der Waals surface area contributed by atoms with Gasteiger partial charge < -0.3 is 5.32 Å². The van der Waals surface area contributed by atoms with E-state index in [1.54, 1.807) is 28.9 Å². The SMILES string of the molecule is CCNCc1cc(-c2ccc(F)cc2)n(-c2ccc(S(N)(=O)=O)cc2)n1. The maximum absolute atomic E-state index is 13.3. The fourth-order valence-electron chi connectivity index (χ4n) is 2.57. The van der Waals surface area contributed by atoms with Crippen molar-refractivity contribution in [2.75, 3.05) is 6.54 Å². The van der Waals surface area contributed by atoms with Gasteiger partial charge in [-0.25, -0.2) is 22.6 Å². The van der Waals surface area contributed by atoms with Crippen molar-refractivity contribution in [3.05, 3.63) is 66.1 Å². The van der Waals surface area contributed by atoms with Crippen LogP contribution < -0.4 is 10.5 Å². The van der Waals surface area contributed by atoms with Gasteiger partial charge in [0.25, 0.3) is 0 Å². The molecule has 6 nitrogen and oxygen atoms in total. The second-order valence-electron chi connectivity index (χ2n) is 5.76. The zero-order valence-electron chi connectivity index (χ0n) is 14.2. The Morgan fingerprint density at radius 3 is 2.35 bits per heavy atom. The Morgan fingerprint density at radius 2 is 1.77 bits per heavy atom. The highest BCUT2D eigenvalue weighted by Crippen LogP contribution is 2.25. The number of halogens is 1. The molecule has 0 spiro atoms. The summed E-state index contributed by atoms with van der Waals surface area (Å²) in [5, 5.41) is 12.9. The number of benzene rings is 2. The van der Waals surface area contributed by atoms with Crippen LogP contribution in [0.2, 0.25) is 0 Å². The van der Waals surface area contributed by atoms with Crippen molar-refractivity contribution in [3.63, 3.8) is 0 Å². The number of hydrogen-bond acceptors (Lipinski definition) is 4. The van der Waals surface area contributed by atoms with E-state index in [2.05, 4.69) is 10.4 Å². The fourth-order valence-corrected chi connectivity index (χ4v) is 3.09. The molecule has 136 valence electrons. The Labute approximate surface area is 151 Å². The second-order valence-corrected chi connectivity index (χ2v) is 7.32. The van der Waals surface area contributed by atoms with Crippen LogP contribution in [0.15, 0.2) is 59.5 Å². The lowest BCUT2D eigenvalue weighted by Crippen LogP contribution is -2.13. The number of nitrogens with zero attached hydrogens (tertiary/aromatic N) is 2. The molecule has 0 radical (unpaired) electrons. The Morgan fingerprint density at radius 1 is 1.12 bits per heavy atom. The van der Waals surface area contributed by atoms with Crippen molar-refractivity contribution >= 4 is 10.0 Å². The largest absolute Gasteiger partial charge is 0.311 e. The summed E-state index contributed by atoms with van der Waals surface area (Å²) in [4.78, 5) is 0.0320. The lowest BCUT2D eigenvalue weighted by atomic mass is 10.1. The summed E-state index contributed by atoms with van der Waals surface area (Å²) in [6.45, 7) is 3.40. The van der Waals surface area contributed by atoms with Gasteiger partial charge >= 0.3 is 0 Å². The topological polar surface area (TPSA) is 90.0 Å². The fraction of sp³-hybridized carbons (Fsp3) is 0.167. The van der Waals surface area contributed by atoms with E-state index in [1.807, 2.05) is 13.0 Å². The van der Waals surface area contributed by atoms with Gasteiger partial charge in [-0.2, -0.15) is 5.10 Å². The molecule has 0 unspecified atom stereocenters. The Balaban J connectivity index is 2.06. The maximum Gasteiger partial charge on any atom is 0.238 e. The van der Waals surface area contributed by atoms with Crippen molar-refractivity contribution in [2.24, 2.45) is 5.14 Å². The number of nitrogens with two attached hydrogens (primary N) is 1. The van der Waals surface area contributed by atoms with Gasteiger partial charge in [0.15, 0.2) is 0 Å². The standard InChI is InChI=1S/C18H19FN4O2S/c1-2-21-12-15-11-18(13-3-5-14(19)6-4-13)23(22-15)16-7-9-17(10-8-16)26(20,24)25/h3-11,21H,2,12H2,1H3,(H2,20,24,25). The number of rotatable bonds is 6. The molecule has 1 aromatic heterocycles. The van der Waals surface area contributed by atoms with E-state index in [-0.39, 0.29) is 10.7 Å². The van der Waals surface area contributed by atoms with E-state index in [1.165, 1.54) is 24.3 Å². The van der Waals surface area contributed by atoms with Gasteiger partial charge in [0.1, 0.15) is 5.82 Å². The predicted octanol–water partition coefficient (Wildman–Crippen LogP) is 2.44. The molecule has 0 amide bonds. The van der Waals surface area contributed by atoms with Gasteiger partial charge in [0.2, 0.25) is 10.0 Å². The average Bonchev–Trinajstić information content (AvgIpc) is 3.04. The third-order valence-electron chi connectivity index (χ3n) is 3.87. The quantitative estimate of drug-likeness (QED) is 0.693. The third kappa shape index (κ3) is 3.98. The molecule has 2 aromatic carbocycles. The summed E-state index contributed by atoms with van der Waals surface area (Å²) < 4.78 is 37.8. The van der Waals surface area contributed by atoms with Crippen molar-refractivity contribution in [1.29, 1.82) is 0 Å². The van der Waals surface area contributed by atoms with Crippen LogP contribution in [0.5, 0.6) is 0 Å². The van der Waals surface area contributed by atoms with E-state index in [9.17, 15) is 12.8 Å². The molecule has 0 atom stereocenters. The molecule has 3 N–H and O–H groups in total. The smallest absolute Gasteiger partial charge is 0.238 e. The van der Waals surface area contributed by atoms with E-state index in [0.717, 1.165) is 23.5 Å². The molecule has 1 heterocycles. The summed E-state index contributed by atoms with van der Waals surface area (Å²) >= 11 is 0. The first-order chi connectivity index (χ1) is 12.4. The van der Waals surface area contributed by atoms with Gasteiger partial charge in [-0.1, -0.05) is 6.92 Å². The molecular weight excluding hydrogens is 355 g/mol. The molecular formula is C18H19FN4O2S. The van der Waals surface area contributed by atoms with Crippen molar-refractivity contribution < 1.29 is 12.8 Å². The lowest BCUT2D eigenvalue weighted by molar-refractivity contribution is 0.597. The summed E-state index contributed by atoms with van der Waals surface area (Å²) in [6, 6.07) is 14.2. The van der Waals surface area contributed by atoms with Gasteiger partial charge in [0, 0.05) is 12.1 Å². The van der Waals surface area contributed by atoms with E-state index in [4.69, 9.17) is 5.14 Å². The first-order valence-electron chi connectivity index (χ1n) is 8.07. The summed E-state index contributed by atoms with van der Waals surface area (Å²) in [5.74, 6) is -0.315.